The molecule has 29 heavy (non-hydrogen) atoms. The maximum atomic E-state index is 12.8. The molecular formula is C20H24N4O5. The van der Waals surface area contributed by atoms with Gasteiger partial charge >= 0.3 is 12.0 Å². The average molecular weight is 400 g/mol. The Balaban J connectivity index is 1.75. The van der Waals surface area contributed by atoms with Gasteiger partial charge in [-0.15, -0.1) is 0 Å². The summed E-state index contributed by atoms with van der Waals surface area (Å²) in [5.41, 5.74) is 2.93. The molecule has 0 aliphatic carbocycles. The first-order chi connectivity index (χ1) is 13.9. The quantitative estimate of drug-likeness (QED) is 0.487. The van der Waals surface area contributed by atoms with Gasteiger partial charge in [-0.2, -0.15) is 0 Å². The zero-order valence-electron chi connectivity index (χ0n) is 16.6. The number of benzene rings is 1. The first kappa shape index (κ1) is 20.4. The van der Waals surface area contributed by atoms with E-state index in [0.29, 0.717) is 47.9 Å². The minimum atomic E-state index is -0.505. The Morgan fingerprint density at radius 1 is 1.24 bits per heavy atom. The number of carbonyl (C=O) groups is 3. The number of hydrogen-bond donors (Lipinski definition) is 3. The highest BCUT2D eigenvalue weighted by Crippen LogP contribution is 2.23. The van der Waals surface area contributed by atoms with E-state index in [2.05, 4.69) is 15.6 Å². The molecule has 2 heterocycles. The lowest BCUT2D eigenvalue weighted by Crippen LogP contribution is -2.27. The molecule has 1 fully saturated rings. The van der Waals surface area contributed by atoms with Crippen molar-refractivity contribution in [3.8, 4) is 0 Å². The number of aromatic nitrogens is 1. The van der Waals surface area contributed by atoms with Crippen molar-refractivity contribution >= 4 is 29.3 Å². The first-order valence-corrected chi connectivity index (χ1v) is 9.24. The molecule has 0 spiro atoms. The summed E-state index contributed by atoms with van der Waals surface area (Å²) in [5.74, 6) is -0.890. The standard InChI is InChI=1S/C20H24N4O5/c1-12-16(19(26)29-10-9-28-3)13(2)22-17(12)18(25)23-14-5-4-6-15(11-14)24-8-7-21-20(24)27/h4-6,11,22H,7-10H2,1-3H3,(H,21,27)(H,23,25). The number of rotatable bonds is 7. The second-order valence-corrected chi connectivity index (χ2v) is 6.64. The van der Waals surface area contributed by atoms with Crippen LogP contribution in [0.3, 0.4) is 0 Å². The molecule has 1 aromatic heterocycles. The van der Waals surface area contributed by atoms with E-state index in [9.17, 15) is 14.4 Å². The molecule has 3 amide bonds. The van der Waals surface area contributed by atoms with E-state index in [-0.39, 0.29) is 24.2 Å². The summed E-state index contributed by atoms with van der Waals surface area (Å²) in [4.78, 5) is 41.5. The largest absolute Gasteiger partial charge is 0.460 e. The SMILES string of the molecule is COCCOC(=O)c1c(C)[nH]c(C(=O)Nc2cccc(N3CCNC3=O)c2)c1C. The van der Waals surface area contributed by atoms with Crippen LogP contribution in [-0.2, 0) is 9.47 Å². The Morgan fingerprint density at radius 2 is 2.03 bits per heavy atom. The van der Waals surface area contributed by atoms with Crippen LogP contribution in [0.15, 0.2) is 24.3 Å². The molecule has 0 unspecified atom stereocenters. The summed E-state index contributed by atoms with van der Waals surface area (Å²) in [5, 5.41) is 5.55. The third-order valence-corrected chi connectivity index (χ3v) is 4.66. The number of amides is 3. The van der Waals surface area contributed by atoms with Gasteiger partial charge in [-0.05, 0) is 37.6 Å². The van der Waals surface area contributed by atoms with Crippen molar-refractivity contribution in [1.82, 2.24) is 10.3 Å². The van der Waals surface area contributed by atoms with Crippen LogP contribution in [0.4, 0.5) is 16.2 Å². The van der Waals surface area contributed by atoms with Crippen LogP contribution in [0.2, 0.25) is 0 Å². The van der Waals surface area contributed by atoms with E-state index in [0.717, 1.165) is 0 Å². The predicted molar refractivity (Wildman–Crippen MR) is 108 cm³/mol. The predicted octanol–water partition coefficient (Wildman–Crippen LogP) is 2.22. The van der Waals surface area contributed by atoms with Crippen LogP contribution in [0.1, 0.15) is 32.1 Å². The van der Waals surface area contributed by atoms with Crippen molar-refractivity contribution in [2.45, 2.75) is 13.8 Å². The Kier molecular flexibility index (Phi) is 6.18. The second kappa shape index (κ2) is 8.78. The van der Waals surface area contributed by atoms with E-state index in [4.69, 9.17) is 9.47 Å². The van der Waals surface area contributed by atoms with Crippen molar-refractivity contribution in [3.63, 3.8) is 0 Å². The molecular weight excluding hydrogens is 376 g/mol. The number of ether oxygens (including phenoxy) is 2. The van der Waals surface area contributed by atoms with E-state index in [1.807, 2.05) is 0 Å². The first-order valence-electron chi connectivity index (χ1n) is 9.24. The minimum Gasteiger partial charge on any atom is -0.460 e. The molecule has 0 saturated carbocycles. The van der Waals surface area contributed by atoms with Crippen molar-refractivity contribution in [3.05, 3.63) is 46.8 Å². The summed E-state index contributed by atoms with van der Waals surface area (Å²) in [7, 11) is 1.52. The number of H-pyrrole nitrogens is 1. The van der Waals surface area contributed by atoms with Gasteiger partial charge in [0.05, 0.1) is 12.2 Å². The third kappa shape index (κ3) is 4.40. The maximum Gasteiger partial charge on any atom is 0.340 e. The summed E-state index contributed by atoms with van der Waals surface area (Å²) >= 11 is 0. The number of hydrogen-bond acceptors (Lipinski definition) is 5. The Bertz CT molecular complexity index is 937. The van der Waals surface area contributed by atoms with Gasteiger partial charge in [-0.1, -0.05) is 6.07 Å². The summed E-state index contributed by atoms with van der Waals surface area (Å²) in [6.07, 6.45) is 0. The lowest BCUT2D eigenvalue weighted by atomic mass is 10.1. The lowest BCUT2D eigenvalue weighted by Gasteiger charge is -2.15. The van der Waals surface area contributed by atoms with E-state index in [1.165, 1.54) is 7.11 Å². The Morgan fingerprint density at radius 3 is 2.72 bits per heavy atom. The highest BCUT2D eigenvalue weighted by molar-refractivity contribution is 6.07. The number of nitrogens with zero attached hydrogens (tertiary/aromatic N) is 1. The summed E-state index contributed by atoms with van der Waals surface area (Å²) in [6.45, 7) is 4.99. The van der Waals surface area contributed by atoms with Crippen molar-refractivity contribution in [1.29, 1.82) is 0 Å². The summed E-state index contributed by atoms with van der Waals surface area (Å²) < 4.78 is 10.0. The zero-order chi connectivity index (χ0) is 21.0. The van der Waals surface area contributed by atoms with E-state index >= 15 is 0 Å². The fraction of sp³-hybridized carbons (Fsp3) is 0.350. The molecule has 1 saturated heterocycles. The molecule has 0 atom stereocenters. The van der Waals surface area contributed by atoms with Gasteiger partial charge in [0.25, 0.3) is 5.91 Å². The molecule has 1 aromatic carbocycles. The van der Waals surface area contributed by atoms with Gasteiger partial charge in [-0.3, -0.25) is 9.69 Å². The van der Waals surface area contributed by atoms with Crippen LogP contribution in [0, 0.1) is 13.8 Å². The minimum absolute atomic E-state index is 0.137. The number of urea groups is 1. The van der Waals surface area contributed by atoms with E-state index < -0.39 is 5.97 Å². The number of nitrogens with one attached hydrogen (secondary N) is 3. The number of aromatic amines is 1. The van der Waals surface area contributed by atoms with Gasteiger partial charge < -0.3 is 25.1 Å². The van der Waals surface area contributed by atoms with Gasteiger partial charge in [0.15, 0.2) is 0 Å². The van der Waals surface area contributed by atoms with Crippen LogP contribution in [-0.4, -0.2) is 56.3 Å². The normalized spacial score (nSPS) is 13.3. The van der Waals surface area contributed by atoms with Crippen molar-refractivity contribution < 1.29 is 23.9 Å². The summed E-state index contributed by atoms with van der Waals surface area (Å²) in [6, 6.07) is 6.87. The van der Waals surface area contributed by atoms with Gasteiger partial charge in [0.1, 0.15) is 12.3 Å². The highest BCUT2D eigenvalue weighted by Gasteiger charge is 2.24. The number of aryl methyl sites for hydroxylation is 1. The fourth-order valence-corrected chi connectivity index (χ4v) is 3.24. The van der Waals surface area contributed by atoms with Crippen molar-refractivity contribution in [2.24, 2.45) is 0 Å². The molecule has 3 rings (SSSR count). The number of esters is 1. The topological polar surface area (TPSA) is 113 Å². The molecule has 2 aromatic rings. The van der Waals surface area contributed by atoms with E-state index in [1.54, 1.807) is 43.0 Å². The highest BCUT2D eigenvalue weighted by atomic mass is 16.6. The van der Waals surface area contributed by atoms with Crippen LogP contribution in [0.25, 0.3) is 0 Å². The second-order valence-electron chi connectivity index (χ2n) is 6.64. The zero-order valence-corrected chi connectivity index (χ0v) is 16.6. The molecule has 0 bridgehead atoms. The number of anilines is 2. The smallest absolute Gasteiger partial charge is 0.340 e. The molecule has 1 aliphatic rings. The van der Waals surface area contributed by atoms with Gasteiger partial charge in [0, 0.05) is 37.3 Å². The molecule has 9 heteroatoms. The molecule has 1 aliphatic heterocycles. The Hall–Kier alpha value is -3.33. The Labute approximate surface area is 168 Å². The average Bonchev–Trinajstić information content (AvgIpc) is 3.24. The fourth-order valence-electron chi connectivity index (χ4n) is 3.24. The molecule has 3 N–H and O–H groups in total. The van der Waals surface area contributed by atoms with Gasteiger partial charge in [-0.25, -0.2) is 9.59 Å². The third-order valence-electron chi connectivity index (χ3n) is 4.66. The molecule has 9 nitrogen and oxygen atoms in total. The molecule has 0 radical (unpaired) electrons. The van der Waals surface area contributed by atoms with Crippen LogP contribution >= 0.6 is 0 Å². The van der Waals surface area contributed by atoms with Gasteiger partial charge in [0.2, 0.25) is 0 Å². The maximum absolute atomic E-state index is 12.8. The number of carbonyl (C=O) groups excluding carboxylic acids is 3. The van der Waals surface area contributed by atoms with Crippen LogP contribution < -0.4 is 15.5 Å². The van der Waals surface area contributed by atoms with Crippen LogP contribution in [0.5, 0.6) is 0 Å². The van der Waals surface area contributed by atoms with Crippen molar-refractivity contribution in [2.75, 3.05) is 43.6 Å². The number of methoxy groups -OCH3 is 1. The monoisotopic (exact) mass is 400 g/mol. The lowest BCUT2D eigenvalue weighted by molar-refractivity contribution is 0.0386. The molecule has 154 valence electrons.